The molecule has 0 amide bonds. The molecule has 2 aromatic carbocycles. The molecule has 0 bridgehead atoms. The molecule has 0 N–H and O–H groups in total. The van der Waals surface area contributed by atoms with Gasteiger partial charge in [0.15, 0.2) is 0 Å². The normalized spacial score (nSPS) is 11.6. The number of hydrogen-bond acceptors (Lipinski definition) is 3. The second kappa shape index (κ2) is 7.60. The van der Waals surface area contributed by atoms with E-state index in [4.69, 9.17) is 16.6 Å². The summed E-state index contributed by atoms with van der Waals surface area (Å²) in [5.74, 6) is 0.906. The molecular formula is C23H19AsClN3S. The Morgan fingerprint density at radius 3 is 2.72 bits per heavy atom. The molecule has 3 heterocycles. The van der Waals surface area contributed by atoms with Gasteiger partial charge in [-0.05, 0) is 16.8 Å². The van der Waals surface area contributed by atoms with Gasteiger partial charge >= 0.3 is 159 Å². The number of thiophene rings is 1. The van der Waals surface area contributed by atoms with Gasteiger partial charge in [0.2, 0.25) is 0 Å². The van der Waals surface area contributed by atoms with E-state index in [1.807, 2.05) is 13.1 Å². The summed E-state index contributed by atoms with van der Waals surface area (Å²) in [6, 6.07) is 14.9. The van der Waals surface area contributed by atoms with Gasteiger partial charge in [-0.2, -0.15) is 11.3 Å². The van der Waals surface area contributed by atoms with Crippen LogP contribution in [0.2, 0.25) is 10.2 Å². The van der Waals surface area contributed by atoms with E-state index in [1.54, 1.807) is 28.2 Å². The van der Waals surface area contributed by atoms with Crippen molar-refractivity contribution in [1.82, 2.24) is 14.5 Å². The third-order valence-corrected chi connectivity index (χ3v) is 6.78. The quantitative estimate of drug-likeness (QED) is 0.302. The molecule has 6 heteroatoms. The molecule has 0 aliphatic carbocycles. The molecule has 0 aliphatic rings. The summed E-state index contributed by atoms with van der Waals surface area (Å²) >= 11 is 10.2. The number of halogens is 1. The van der Waals surface area contributed by atoms with Gasteiger partial charge < -0.3 is 0 Å². The predicted octanol–water partition coefficient (Wildman–Crippen LogP) is 5.86. The summed E-state index contributed by atoms with van der Waals surface area (Å²) in [5.41, 5.74) is 7.54. The SMILES string of the molecule is Cc1nc2cnc3ccc(-c4ccsc4)cc3c2n1-c1ccc(CC[AsH2])cc1Cl. The van der Waals surface area contributed by atoms with E-state index < -0.39 is 0 Å². The zero-order valence-electron chi connectivity index (χ0n) is 15.9. The Labute approximate surface area is 186 Å². The van der Waals surface area contributed by atoms with Crippen molar-refractivity contribution in [3.05, 3.63) is 75.8 Å². The Morgan fingerprint density at radius 2 is 1.97 bits per heavy atom. The molecule has 3 aromatic heterocycles. The number of nitrogens with zero attached hydrogens (tertiary/aromatic N) is 3. The summed E-state index contributed by atoms with van der Waals surface area (Å²) < 4.78 is 2.17. The van der Waals surface area contributed by atoms with E-state index in [0.29, 0.717) is 0 Å². The van der Waals surface area contributed by atoms with Crippen LogP contribution in [0.1, 0.15) is 11.4 Å². The number of aryl methyl sites for hydroxylation is 2. The number of benzene rings is 2. The first-order chi connectivity index (χ1) is 14.2. The van der Waals surface area contributed by atoms with E-state index in [2.05, 4.69) is 62.8 Å². The minimum absolute atomic E-state index is 0.754. The third-order valence-electron chi connectivity index (χ3n) is 5.19. The molecular weight excluding hydrogens is 461 g/mol. The fourth-order valence-corrected chi connectivity index (χ4v) is 5.48. The second-order valence-corrected chi connectivity index (χ2v) is 9.45. The van der Waals surface area contributed by atoms with Gasteiger partial charge in [0, 0.05) is 0 Å². The molecule has 1 unspecified atom stereocenters. The average Bonchev–Trinajstić information content (AvgIpc) is 3.36. The number of rotatable bonds is 4. The van der Waals surface area contributed by atoms with Crippen LogP contribution in [-0.2, 0) is 6.42 Å². The van der Waals surface area contributed by atoms with Gasteiger partial charge in [0.1, 0.15) is 0 Å². The molecule has 0 spiro atoms. The van der Waals surface area contributed by atoms with Gasteiger partial charge in [-0.1, -0.05) is 0 Å². The zero-order valence-corrected chi connectivity index (χ0v) is 19.9. The first kappa shape index (κ1) is 18.9. The first-order valence-corrected chi connectivity index (χ1v) is 12.5. The Balaban J connectivity index is 1.79. The number of pyridine rings is 1. The zero-order chi connectivity index (χ0) is 20.0. The van der Waals surface area contributed by atoms with Crippen molar-refractivity contribution in [3.8, 4) is 16.8 Å². The molecule has 0 radical (unpaired) electrons. The number of aromatic nitrogens is 3. The van der Waals surface area contributed by atoms with Gasteiger partial charge in [-0.3, -0.25) is 0 Å². The van der Waals surface area contributed by atoms with E-state index in [-0.39, 0.29) is 0 Å². The van der Waals surface area contributed by atoms with Crippen molar-refractivity contribution in [1.29, 1.82) is 0 Å². The Morgan fingerprint density at radius 1 is 1.07 bits per heavy atom. The van der Waals surface area contributed by atoms with Crippen molar-refractivity contribution in [2.75, 3.05) is 0 Å². The summed E-state index contributed by atoms with van der Waals surface area (Å²) in [5, 5.41) is 7.28. The van der Waals surface area contributed by atoms with Crippen LogP contribution in [0.25, 0.3) is 38.8 Å². The van der Waals surface area contributed by atoms with Gasteiger partial charge in [-0.15, -0.1) is 0 Å². The van der Waals surface area contributed by atoms with E-state index in [9.17, 15) is 0 Å². The van der Waals surface area contributed by atoms with Crippen LogP contribution in [0.15, 0.2) is 59.4 Å². The average molecular weight is 480 g/mol. The number of fused-ring (bicyclic) bond motifs is 3. The maximum atomic E-state index is 6.73. The molecule has 0 fully saturated rings. The maximum absolute atomic E-state index is 6.73. The van der Waals surface area contributed by atoms with Crippen LogP contribution in [0, 0.1) is 6.92 Å². The van der Waals surface area contributed by atoms with Crippen molar-refractivity contribution in [2.45, 2.75) is 18.6 Å². The monoisotopic (exact) mass is 479 g/mol. The van der Waals surface area contributed by atoms with Crippen molar-refractivity contribution in [2.24, 2.45) is 0 Å². The van der Waals surface area contributed by atoms with Crippen molar-refractivity contribution >= 4 is 61.7 Å². The van der Waals surface area contributed by atoms with E-state index in [1.165, 1.54) is 16.7 Å². The molecule has 0 saturated carbocycles. The van der Waals surface area contributed by atoms with Crippen LogP contribution >= 0.6 is 22.9 Å². The van der Waals surface area contributed by atoms with Crippen LogP contribution < -0.4 is 0 Å². The molecule has 29 heavy (non-hydrogen) atoms. The fraction of sp³-hybridized carbons (Fsp3) is 0.130. The van der Waals surface area contributed by atoms with E-state index in [0.717, 1.165) is 50.1 Å². The molecule has 0 saturated heterocycles. The fourth-order valence-electron chi connectivity index (χ4n) is 3.83. The van der Waals surface area contributed by atoms with Crippen LogP contribution in [-0.4, -0.2) is 31.4 Å². The van der Waals surface area contributed by atoms with Crippen molar-refractivity contribution < 1.29 is 0 Å². The van der Waals surface area contributed by atoms with Crippen LogP contribution in [0.3, 0.4) is 0 Å². The summed E-state index contributed by atoms with van der Waals surface area (Å²) in [6.07, 6.45) is 2.91. The second-order valence-electron chi connectivity index (χ2n) is 7.05. The predicted molar refractivity (Wildman–Crippen MR) is 126 cm³/mol. The molecule has 1 atom stereocenters. The Bertz CT molecular complexity index is 1340. The molecule has 5 rings (SSSR count). The van der Waals surface area contributed by atoms with Crippen LogP contribution in [0.5, 0.6) is 0 Å². The summed E-state index contributed by atoms with van der Waals surface area (Å²) in [4.78, 5) is 9.41. The Kier molecular flexibility index (Phi) is 4.95. The topological polar surface area (TPSA) is 30.7 Å². The number of imidazole rings is 1. The molecule has 3 nitrogen and oxygen atoms in total. The summed E-state index contributed by atoms with van der Waals surface area (Å²) in [6.45, 7) is 2.02. The van der Waals surface area contributed by atoms with Gasteiger partial charge in [-0.25, -0.2) is 0 Å². The minimum atomic E-state index is 0.754. The molecule has 5 aromatic rings. The van der Waals surface area contributed by atoms with Gasteiger partial charge in [0.05, 0.1) is 0 Å². The summed E-state index contributed by atoms with van der Waals surface area (Å²) in [7, 11) is 0. The third kappa shape index (κ3) is 3.30. The number of hydrogen-bond donors (Lipinski definition) is 0. The molecule has 144 valence electrons. The van der Waals surface area contributed by atoms with E-state index >= 15 is 0 Å². The Hall–Kier alpha value is -2.13. The molecule has 0 aliphatic heterocycles. The van der Waals surface area contributed by atoms with Crippen molar-refractivity contribution in [3.63, 3.8) is 0 Å². The van der Waals surface area contributed by atoms with Crippen LogP contribution in [0.4, 0.5) is 0 Å². The standard InChI is InChI=1S/C23H19AsClN3S/c1-14-27-21-12-26-20-4-3-16(17-7-9-29-13-17)11-18(20)23(21)28(14)22-5-2-15(6-8-24)10-19(22)25/h2-5,7,9-13H,6,8,24H2,1H3. The van der Waals surface area contributed by atoms with Gasteiger partial charge in [0.25, 0.3) is 0 Å². The first-order valence-electron chi connectivity index (χ1n) is 9.45.